The third-order valence-electron chi connectivity index (χ3n) is 2.82. The quantitative estimate of drug-likeness (QED) is 0.672. The van der Waals surface area contributed by atoms with Gasteiger partial charge in [-0.1, -0.05) is 0 Å². The highest BCUT2D eigenvalue weighted by atomic mass is 16.6. The van der Waals surface area contributed by atoms with E-state index in [9.17, 15) is 15.2 Å². The lowest BCUT2D eigenvalue weighted by Gasteiger charge is -2.08. The largest absolute Gasteiger partial charge is 0.496 e. The summed E-state index contributed by atoms with van der Waals surface area (Å²) in [6, 6.07) is 7.46. The van der Waals surface area contributed by atoms with Gasteiger partial charge in [0.25, 0.3) is 0 Å². The van der Waals surface area contributed by atoms with Crippen LogP contribution in [-0.2, 0) is 0 Å². The molecule has 1 aromatic heterocycles. The molecule has 0 bridgehead atoms. The van der Waals surface area contributed by atoms with Gasteiger partial charge in [-0.3, -0.25) is 10.1 Å². The molecule has 1 N–H and O–H groups in total. The van der Waals surface area contributed by atoms with Crippen molar-refractivity contribution >= 4 is 5.69 Å². The lowest BCUT2D eigenvalue weighted by Crippen LogP contribution is -1.97. The van der Waals surface area contributed by atoms with Gasteiger partial charge in [0.05, 0.1) is 24.2 Å². The molecule has 0 aliphatic heterocycles. The fourth-order valence-corrected chi connectivity index (χ4v) is 1.67. The number of benzene rings is 1. The second-order valence-corrected chi connectivity index (χ2v) is 4.30. The maximum absolute atomic E-state index is 11.0. The van der Waals surface area contributed by atoms with Crippen LogP contribution in [0.25, 0.3) is 0 Å². The molecule has 1 heterocycles. The van der Waals surface area contributed by atoms with Crippen molar-refractivity contribution in [2.45, 2.75) is 13.0 Å². The monoisotopic (exact) mass is 290 g/mol. The average molecular weight is 290 g/mol. The number of rotatable bonds is 5. The zero-order valence-corrected chi connectivity index (χ0v) is 11.5. The maximum atomic E-state index is 11.0. The zero-order chi connectivity index (χ0) is 15.4. The first-order valence-corrected chi connectivity index (χ1v) is 6.15. The van der Waals surface area contributed by atoms with Crippen LogP contribution in [0.15, 0.2) is 36.5 Å². The lowest BCUT2D eigenvalue weighted by atomic mass is 10.2. The van der Waals surface area contributed by atoms with Gasteiger partial charge < -0.3 is 14.6 Å². The molecule has 7 nitrogen and oxygen atoms in total. The van der Waals surface area contributed by atoms with E-state index in [4.69, 9.17) is 9.47 Å². The molecule has 0 spiro atoms. The number of methoxy groups -OCH3 is 1. The van der Waals surface area contributed by atoms with Crippen molar-refractivity contribution in [1.82, 2.24) is 4.98 Å². The number of aliphatic hydroxyl groups is 1. The molecule has 0 fully saturated rings. The number of nitro benzene ring substituents is 1. The number of hydrogen-bond donors (Lipinski definition) is 1. The summed E-state index contributed by atoms with van der Waals surface area (Å²) in [7, 11) is 1.43. The molecule has 0 radical (unpaired) electrons. The van der Waals surface area contributed by atoms with Crippen LogP contribution >= 0.6 is 0 Å². The van der Waals surface area contributed by atoms with Crippen molar-refractivity contribution in [2.24, 2.45) is 0 Å². The van der Waals surface area contributed by atoms with Gasteiger partial charge in [-0.25, -0.2) is 4.98 Å². The lowest BCUT2D eigenvalue weighted by molar-refractivity contribution is -0.385. The highest BCUT2D eigenvalue weighted by Gasteiger charge is 2.17. The molecule has 0 saturated heterocycles. The molecule has 21 heavy (non-hydrogen) atoms. The summed E-state index contributed by atoms with van der Waals surface area (Å²) in [5, 5.41) is 20.4. The van der Waals surface area contributed by atoms with Gasteiger partial charge in [0.15, 0.2) is 0 Å². The Kier molecular flexibility index (Phi) is 4.34. The summed E-state index contributed by atoms with van der Waals surface area (Å²) in [6.07, 6.45) is 0.817. The molecule has 7 heteroatoms. The number of aromatic nitrogens is 1. The van der Waals surface area contributed by atoms with E-state index in [1.807, 2.05) is 0 Å². The van der Waals surface area contributed by atoms with E-state index in [0.29, 0.717) is 11.3 Å². The first kappa shape index (κ1) is 14.7. The highest BCUT2D eigenvalue weighted by molar-refractivity contribution is 5.52. The zero-order valence-electron chi connectivity index (χ0n) is 11.5. The van der Waals surface area contributed by atoms with Gasteiger partial charge in [-0.05, 0) is 30.7 Å². The number of ether oxygens (including phenoxy) is 2. The van der Waals surface area contributed by atoms with E-state index < -0.39 is 11.0 Å². The van der Waals surface area contributed by atoms with Gasteiger partial charge in [0.2, 0.25) is 11.6 Å². The summed E-state index contributed by atoms with van der Waals surface area (Å²) in [5.74, 6) is 0.636. The van der Waals surface area contributed by atoms with E-state index in [-0.39, 0.29) is 17.3 Å². The minimum absolute atomic E-state index is 0.0677. The SMILES string of the molecule is COc1ccc(Oc2ccc([C@H](C)O)cn2)c([N+](=O)[O-])c1. The molecular formula is C14H14N2O5. The second-order valence-electron chi connectivity index (χ2n) is 4.30. The number of nitrogens with zero attached hydrogens (tertiary/aromatic N) is 2. The van der Waals surface area contributed by atoms with Crippen LogP contribution in [0.5, 0.6) is 17.4 Å². The van der Waals surface area contributed by atoms with Gasteiger partial charge in [-0.15, -0.1) is 0 Å². The summed E-state index contributed by atoms with van der Waals surface area (Å²) in [4.78, 5) is 14.5. The predicted molar refractivity (Wildman–Crippen MR) is 74.6 cm³/mol. The topological polar surface area (TPSA) is 94.7 Å². The van der Waals surface area contributed by atoms with E-state index in [2.05, 4.69) is 4.98 Å². The molecule has 2 rings (SSSR count). The van der Waals surface area contributed by atoms with Crippen molar-refractivity contribution < 1.29 is 19.5 Å². The second kappa shape index (κ2) is 6.19. The van der Waals surface area contributed by atoms with Crippen LogP contribution in [0.4, 0.5) is 5.69 Å². The van der Waals surface area contributed by atoms with E-state index >= 15 is 0 Å². The van der Waals surface area contributed by atoms with Crippen molar-refractivity contribution in [2.75, 3.05) is 7.11 Å². The van der Waals surface area contributed by atoms with Gasteiger partial charge in [-0.2, -0.15) is 0 Å². The Bertz CT molecular complexity index is 640. The number of nitro groups is 1. The highest BCUT2D eigenvalue weighted by Crippen LogP contribution is 2.33. The van der Waals surface area contributed by atoms with Crippen molar-refractivity contribution in [3.63, 3.8) is 0 Å². The standard InChI is InChI=1S/C14H14N2O5/c1-9(17)10-3-6-14(15-8-10)21-13-5-4-11(20-2)7-12(13)16(18)19/h3-9,17H,1-2H3/t9-/m0/s1. The Hall–Kier alpha value is -2.67. The molecule has 0 amide bonds. The van der Waals surface area contributed by atoms with Gasteiger partial charge in [0.1, 0.15) is 5.75 Å². The normalized spacial score (nSPS) is 11.8. The fourth-order valence-electron chi connectivity index (χ4n) is 1.67. The van der Waals surface area contributed by atoms with Crippen LogP contribution in [0.3, 0.4) is 0 Å². The van der Waals surface area contributed by atoms with Crippen LogP contribution in [0.2, 0.25) is 0 Å². The van der Waals surface area contributed by atoms with Crippen LogP contribution in [0.1, 0.15) is 18.6 Å². The van der Waals surface area contributed by atoms with E-state index in [0.717, 1.165) is 0 Å². The fraction of sp³-hybridized carbons (Fsp3) is 0.214. The molecule has 2 aromatic rings. The summed E-state index contributed by atoms with van der Waals surface area (Å²) in [6.45, 7) is 1.62. The summed E-state index contributed by atoms with van der Waals surface area (Å²) < 4.78 is 10.4. The van der Waals surface area contributed by atoms with Crippen molar-refractivity contribution in [3.05, 3.63) is 52.2 Å². The van der Waals surface area contributed by atoms with Crippen LogP contribution in [0, 0.1) is 10.1 Å². The van der Waals surface area contributed by atoms with Crippen LogP contribution < -0.4 is 9.47 Å². The third-order valence-corrected chi connectivity index (χ3v) is 2.82. The molecule has 1 aromatic carbocycles. The van der Waals surface area contributed by atoms with E-state index in [1.165, 1.54) is 31.5 Å². The third kappa shape index (κ3) is 3.46. The molecule has 1 atom stereocenters. The Morgan fingerprint density at radius 1 is 1.33 bits per heavy atom. The Balaban J connectivity index is 2.28. The Morgan fingerprint density at radius 3 is 2.62 bits per heavy atom. The first-order valence-electron chi connectivity index (χ1n) is 6.15. The van der Waals surface area contributed by atoms with Gasteiger partial charge >= 0.3 is 5.69 Å². The first-order chi connectivity index (χ1) is 10.0. The summed E-state index contributed by atoms with van der Waals surface area (Å²) >= 11 is 0. The molecule has 0 saturated carbocycles. The van der Waals surface area contributed by atoms with Crippen LogP contribution in [-0.4, -0.2) is 22.1 Å². The molecule has 0 aliphatic carbocycles. The Labute approximate surface area is 120 Å². The molecule has 110 valence electrons. The van der Waals surface area contributed by atoms with E-state index in [1.54, 1.807) is 19.1 Å². The minimum atomic E-state index is -0.637. The molecular weight excluding hydrogens is 276 g/mol. The number of aliphatic hydroxyl groups excluding tert-OH is 1. The Morgan fingerprint density at radius 2 is 2.10 bits per heavy atom. The average Bonchev–Trinajstić information content (AvgIpc) is 2.48. The predicted octanol–water partition coefficient (Wildman–Crippen LogP) is 2.84. The molecule has 0 unspecified atom stereocenters. The summed E-state index contributed by atoms with van der Waals surface area (Å²) in [5.41, 5.74) is 0.419. The van der Waals surface area contributed by atoms with Gasteiger partial charge in [0, 0.05) is 12.3 Å². The number of pyridine rings is 1. The van der Waals surface area contributed by atoms with Crippen molar-refractivity contribution in [1.29, 1.82) is 0 Å². The van der Waals surface area contributed by atoms with Crippen molar-refractivity contribution in [3.8, 4) is 17.4 Å². The number of hydrogen-bond acceptors (Lipinski definition) is 6. The maximum Gasteiger partial charge on any atom is 0.315 e. The smallest absolute Gasteiger partial charge is 0.315 e. The molecule has 0 aliphatic rings. The minimum Gasteiger partial charge on any atom is -0.496 e.